The van der Waals surface area contributed by atoms with Gasteiger partial charge in [0.25, 0.3) is 5.91 Å². The van der Waals surface area contributed by atoms with E-state index in [1.54, 1.807) is 6.20 Å². The van der Waals surface area contributed by atoms with Gasteiger partial charge in [0.15, 0.2) is 0 Å². The van der Waals surface area contributed by atoms with Crippen molar-refractivity contribution in [1.29, 1.82) is 0 Å². The minimum Gasteiger partial charge on any atom is -0.487 e. The highest BCUT2D eigenvalue weighted by atomic mass is 16.5. The molecule has 3 rings (SSSR count). The number of nitrogen functional groups attached to an aromatic ring is 1. The maximum Gasteiger partial charge on any atom is 0.256 e. The molecule has 0 radical (unpaired) electrons. The Morgan fingerprint density at radius 1 is 1.14 bits per heavy atom. The van der Waals surface area contributed by atoms with Crippen LogP contribution in [0.25, 0.3) is 0 Å². The molecule has 3 aromatic rings. The van der Waals surface area contributed by atoms with Gasteiger partial charge < -0.3 is 21.1 Å². The molecule has 1 aromatic carbocycles. The van der Waals surface area contributed by atoms with E-state index in [-0.39, 0.29) is 17.3 Å². The number of carbonyl (C=O) groups excluding carboxylic acids is 1. The Balaban J connectivity index is 1.51. The Hall–Kier alpha value is -3.68. The fourth-order valence-electron chi connectivity index (χ4n) is 2.51. The predicted octanol–water partition coefficient (Wildman–Crippen LogP) is 2.78. The SMILES string of the molecule is CCCNc1ncc(C(=O)NCc2ccc(OCc3ccccn3)cc2)c(N)n1. The van der Waals surface area contributed by atoms with Crippen LogP contribution in [-0.2, 0) is 13.2 Å². The number of hydrogen-bond acceptors (Lipinski definition) is 7. The molecular formula is C21H24N6O2. The van der Waals surface area contributed by atoms with Crippen molar-refractivity contribution in [1.82, 2.24) is 20.3 Å². The first kappa shape index (κ1) is 20.1. The molecule has 0 aliphatic heterocycles. The van der Waals surface area contributed by atoms with Crippen LogP contribution in [0.5, 0.6) is 5.75 Å². The van der Waals surface area contributed by atoms with Crippen LogP contribution in [0.2, 0.25) is 0 Å². The smallest absolute Gasteiger partial charge is 0.256 e. The number of amides is 1. The molecule has 0 saturated heterocycles. The van der Waals surface area contributed by atoms with Crippen LogP contribution in [0.1, 0.15) is 35.0 Å². The van der Waals surface area contributed by atoms with Crippen LogP contribution >= 0.6 is 0 Å². The quantitative estimate of drug-likeness (QED) is 0.513. The Labute approximate surface area is 169 Å². The number of hydrogen-bond donors (Lipinski definition) is 3. The normalized spacial score (nSPS) is 10.4. The molecule has 1 amide bonds. The molecule has 0 aliphatic rings. The Morgan fingerprint density at radius 2 is 1.97 bits per heavy atom. The number of nitrogens with one attached hydrogen (secondary N) is 2. The summed E-state index contributed by atoms with van der Waals surface area (Å²) in [7, 11) is 0. The van der Waals surface area contributed by atoms with Gasteiger partial charge in [0.1, 0.15) is 18.2 Å². The Kier molecular flexibility index (Phi) is 6.94. The third-order valence-corrected chi connectivity index (χ3v) is 4.09. The molecule has 2 aromatic heterocycles. The summed E-state index contributed by atoms with van der Waals surface area (Å²) in [6.45, 7) is 3.54. The van der Waals surface area contributed by atoms with Crippen molar-refractivity contribution < 1.29 is 9.53 Å². The van der Waals surface area contributed by atoms with Crippen molar-refractivity contribution in [2.24, 2.45) is 0 Å². The number of ether oxygens (including phenoxy) is 1. The van der Waals surface area contributed by atoms with Gasteiger partial charge in [0, 0.05) is 25.5 Å². The molecule has 2 heterocycles. The van der Waals surface area contributed by atoms with Crippen molar-refractivity contribution in [2.75, 3.05) is 17.6 Å². The molecule has 0 fully saturated rings. The molecule has 0 bridgehead atoms. The van der Waals surface area contributed by atoms with Crippen LogP contribution in [-0.4, -0.2) is 27.4 Å². The summed E-state index contributed by atoms with van der Waals surface area (Å²) in [5.41, 5.74) is 7.94. The third kappa shape index (κ3) is 5.90. The van der Waals surface area contributed by atoms with Crippen molar-refractivity contribution >= 4 is 17.7 Å². The second-order valence-corrected chi connectivity index (χ2v) is 6.36. The number of nitrogens with two attached hydrogens (primary N) is 1. The summed E-state index contributed by atoms with van der Waals surface area (Å²) < 4.78 is 5.71. The molecule has 8 heteroatoms. The molecule has 0 aliphatic carbocycles. The van der Waals surface area contributed by atoms with Gasteiger partial charge in [0.05, 0.1) is 11.3 Å². The molecule has 8 nitrogen and oxygen atoms in total. The highest BCUT2D eigenvalue weighted by molar-refractivity contribution is 5.98. The third-order valence-electron chi connectivity index (χ3n) is 4.09. The number of carbonyl (C=O) groups is 1. The van der Waals surface area contributed by atoms with E-state index in [1.165, 1.54) is 6.20 Å². The zero-order valence-corrected chi connectivity index (χ0v) is 16.3. The van der Waals surface area contributed by atoms with Gasteiger partial charge in [-0.1, -0.05) is 25.1 Å². The molecule has 0 unspecified atom stereocenters. The molecule has 0 spiro atoms. The van der Waals surface area contributed by atoms with Gasteiger partial charge in [-0.2, -0.15) is 4.98 Å². The fraction of sp³-hybridized carbons (Fsp3) is 0.238. The van der Waals surface area contributed by atoms with Crippen LogP contribution in [0.15, 0.2) is 54.9 Å². The van der Waals surface area contributed by atoms with Crippen molar-refractivity contribution in [3.63, 3.8) is 0 Å². The molecule has 4 N–H and O–H groups in total. The average Bonchev–Trinajstić information content (AvgIpc) is 2.76. The van der Waals surface area contributed by atoms with Crippen molar-refractivity contribution in [3.05, 3.63) is 71.7 Å². The number of benzene rings is 1. The van der Waals surface area contributed by atoms with E-state index in [2.05, 4.69) is 25.6 Å². The van der Waals surface area contributed by atoms with Crippen LogP contribution in [0, 0.1) is 0 Å². The number of pyridine rings is 1. The first-order valence-electron chi connectivity index (χ1n) is 9.42. The standard InChI is InChI=1S/C21H24N6O2/c1-2-10-24-21-26-13-18(19(22)27-21)20(28)25-12-15-6-8-17(9-7-15)29-14-16-5-3-4-11-23-16/h3-9,11,13H,2,10,12,14H2,1H3,(H,25,28)(H3,22,24,26,27). The van der Waals surface area contributed by atoms with Gasteiger partial charge in [0.2, 0.25) is 5.95 Å². The van der Waals surface area contributed by atoms with Crippen molar-refractivity contribution in [2.45, 2.75) is 26.5 Å². The Morgan fingerprint density at radius 3 is 2.66 bits per heavy atom. The summed E-state index contributed by atoms with van der Waals surface area (Å²) >= 11 is 0. The van der Waals surface area contributed by atoms with Crippen LogP contribution < -0.4 is 21.1 Å². The number of rotatable bonds is 9. The first-order chi connectivity index (χ1) is 14.2. The maximum atomic E-state index is 12.4. The van der Waals surface area contributed by atoms with Crippen LogP contribution in [0.4, 0.5) is 11.8 Å². The highest BCUT2D eigenvalue weighted by Gasteiger charge is 2.12. The van der Waals surface area contributed by atoms with Gasteiger partial charge in [-0.05, 0) is 36.2 Å². The summed E-state index contributed by atoms with van der Waals surface area (Å²) in [6, 6.07) is 13.2. The minimum atomic E-state index is -0.319. The lowest BCUT2D eigenvalue weighted by Gasteiger charge is -2.10. The number of aromatic nitrogens is 3. The first-order valence-corrected chi connectivity index (χ1v) is 9.42. The predicted molar refractivity (Wildman–Crippen MR) is 111 cm³/mol. The average molecular weight is 392 g/mol. The van der Waals surface area contributed by atoms with E-state index < -0.39 is 0 Å². The molecule has 150 valence electrons. The molecule has 0 atom stereocenters. The van der Waals surface area contributed by atoms with E-state index in [0.29, 0.717) is 19.1 Å². The lowest BCUT2D eigenvalue weighted by molar-refractivity contribution is 0.0951. The monoisotopic (exact) mass is 392 g/mol. The van der Waals surface area contributed by atoms with Gasteiger partial charge in [-0.15, -0.1) is 0 Å². The van der Waals surface area contributed by atoms with E-state index >= 15 is 0 Å². The fourth-order valence-corrected chi connectivity index (χ4v) is 2.51. The summed E-state index contributed by atoms with van der Waals surface area (Å²) in [5.74, 6) is 0.982. The summed E-state index contributed by atoms with van der Waals surface area (Å²) in [5, 5.41) is 5.86. The maximum absolute atomic E-state index is 12.4. The van der Waals surface area contributed by atoms with Gasteiger partial charge in [-0.3, -0.25) is 9.78 Å². The molecular weight excluding hydrogens is 368 g/mol. The zero-order chi connectivity index (χ0) is 20.5. The van der Waals surface area contributed by atoms with E-state index in [1.807, 2.05) is 49.4 Å². The lowest BCUT2D eigenvalue weighted by atomic mass is 10.2. The number of nitrogens with zero attached hydrogens (tertiary/aromatic N) is 3. The lowest BCUT2D eigenvalue weighted by Crippen LogP contribution is -2.24. The zero-order valence-electron chi connectivity index (χ0n) is 16.3. The number of anilines is 2. The van der Waals surface area contributed by atoms with E-state index in [9.17, 15) is 4.79 Å². The molecule has 0 saturated carbocycles. The topological polar surface area (TPSA) is 115 Å². The second kappa shape index (κ2) is 10.0. The van der Waals surface area contributed by atoms with Gasteiger partial charge in [-0.25, -0.2) is 4.98 Å². The largest absolute Gasteiger partial charge is 0.487 e. The second-order valence-electron chi connectivity index (χ2n) is 6.36. The molecule has 29 heavy (non-hydrogen) atoms. The van der Waals surface area contributed by atoms with Gasteiger partial charge >= 0.3 is 0 Å². The van der Waals surface area contributed by atoms with E-state index in [4.69, 9.17) is 10.5 Å². The summed E-state index contributed by atoms with van der Waals surface area (Å²) in [6.07, 6.45) is 4.11. The van der Waals surface area contributed by atoms with Crippen LogP contribution in [0.3, 0.4) is 0 Å². The van der Waals surface area contributed by atoms with Crippen molar-refractivity contribution in [3.8, 4) is 5.75 Å². The van der Waals surface area contributed by atoms with E-state index in [0.717, 1.165) is 30.0 Å². The minimum absolute atomic E-state index is 0.148. The Bertz CT molecular complexity index is 932. The highest BCUT2D eigenvalue weighted by Crippen LogP contribution is 2.14. The summed E-state index contributed by atoms with van der Waals surface area (Å²) in [4.78, 5) is 24.8.